The van der Waals surface area contributed by atoms with Gasteiger partial charge in [0.25, 0.3) is 0 Å². The van der Waals surface area contributed by atoms with Crippen LogP contribution >= 0.6 is 0 Å². The molecule has 1 aliphatic carbocycles. The van der Waals surface area contributed by atoms with Gasteiger partial charge in [0.15, 0.2) is 0 Å². The molecule has 15 heavy (non-hydrogen) atoms. The molecule has 3 rings (SSSR count). The van der Waals surface area contributed by atoms with Crippen LogP contribution in [-0.4, -0.2) is 25.8 Å². The summed E-state index contributed by atoms with van der Waals surface area (Å²) in [6.07, 6.45) is 4.35. The number of hydrogen-bond acceptors (Lipinski definition) is 5. The molecule has 0 saturated heterocycles. The highest BCUT2D eigenvalue weighted by Crippen LogP contribution is 2.39. The number of hydrogen-bond donors (Lipinski definition) is 0. The predicted molar refractivity (Wildman–Crippen MR) is 48.6 cm³/mol. The van der Waals surface area contributed by atoms with Crippen LogP contribution in [0.15, 0.2) is 0 Å². The van der Waals surface area contributed by atoms with Crippen molar-refractivity contribution >= 4 is 5.95 Å². The summed E-state index contributed by atoms with van der Waals surface area (Å²) in [7, 11) is 0. The van der Waals surface area contributed by atoms with E-state index < -0.39 is 4.92 Å². The molecule has 1 fully saturated rings. The van der Waals surface area contributed by atoms with E-state index in [-0.39, 0.29) is 18.1 Å². The Morgan fingerprint density at radius 3 is 3.07 bits per heavy atom. The second-order valence-electron chi connectivity index (χ2n) is 3.90. The maximum atomic E-state index is 10.5. The lowest BCUT2D eigenvalue weighted by molar-refractivity contribution is -0.394. The summed E-state index contributed by atoms with van der Waals surface area (Å²) in [6.45, 7) is 0. The average Bonchev–Trinajstić information content (AvgIpc) is 2.73. The summed E-state index contributed by atoms with van der Waals surface area (Å²) >= 11 is 0. The van der Waals surface area contributed by atoms with Crippen molar-refractivity contribution in [3.8, 4) is 6.01 Å². The quantitative estimate of drug-likeness (QED) is 0.511. The molecule has 0 radical (unpaired) electrons. The van der Waals surface area contributed by atoms with Crippen molar-refractivity contribution in [3.63, 3.8) is 0 Å². The Morgan fingerprint density at radius 2 is 2.27 bits per heavy atom. The van der Waals surface area contributed by atoms with E-state index in [1.54, 1.807) is 4.68 Å². The number of rotatable bonds is 1. The molecule has 2 atom stereocenters. The largest absolute Gasteiger partial charge is 0.494 e. The first kappa shape index (κ1) is 8.63. The van der Waals surface area contributed by atoms with Crippen LogP contribution in [0.5, 0.6) is 6.01 Å². The highest BCUT2D eigenvalue weighted by molar-refractivity contribution is 5.14. The van der Waals surface area contributed by atoms with Crippen molar-refractivity contribution in [3.05, 3.63) is 10.1 Å². The Hall–Kier alpha value is -1.66. The fourth-order valence-electron chi connectivity index (χ4n) is 2.30. The van der Waals surface area contributed by atoms with E-state index in [9.17, 15) is 10.1 Å². The molecule has 0 spiro atoms. The normalized spacial score (nSPS) is 28.0. The SMILES string of the molecule is O=[N+]([O-])c1nc2n(n1)[C@H]1CCCC[C@@H]1O2. The molecule has 0 N–H and O–H groups in total. The van der Waals surface area contributed by atoms with Crippen LogP contribution in [0.2, 0.25) is 0 Å². The standard InChI is InChI=1S/C8H10N4O3/c13-12(14)7-9-8-11(10-7)5-3-1-2-4-6(5)15-8/h5-6H,1-4H2/t5-,6-/m0/s1. The number of ether oxygens (including phenoxy) is 1. The monoisotopic (exact) mass is 210 g/mol. The molecule has 1 saturated carbocycles. The van der Waals surface area contributed by atoms with Crippen LogP contribution in [0, 0.1) is 10.1 Å². The van der Waals surface area contributed by atoms with Crippen LogP contribution in [0.1, 0.15) is 31.7 Å². The van der Waals surface area contributed by atoms with Gasteiger partial charge < -0.3 is 14.9 Å². The topological polar surface area (TPSA) is 83.1 Å². The first-order valence-corrected chi connectivity index (χ1v) is 5.03. The molecule has 1 aromatic heterocycles. The van der Waals surface area contributed by atoms with E-state index in [4.69, 9.17) is 4.74 Å². The van der Waals surface area contributed by atoms with Crippen molar-refractivity contribution in [2.45, 2.75) is 37.8 Å². The third kappa shape index (κ3) is 1.19. The molecular formula is C8H10N4O3. The highest BCUT2D eigenvalue weighted by atomic mass is 16.6. The first-order chi connectivity index (χ1) is 7.25. The number of nitrogens with zero attached hydrogens (tertiary/aromatic N) is 4. The van der Waals surface area contributed by atoms with Crippen molar-refractivity contribution in [2.75, 3.05) is 0 Å². The maximum absolute atomic E-state index is 10.5. The van der Waals surface area contributed by atoms with Gasteiger partial charge in [-0.05, 0) is 29.2 Å². The molecule has 0 bridgehead atoms. The van der Waals surface area contributed by atoms with Gasteiger partial charge in [-0.3, -0.25) is 0 Å². The Kier molecular flexibility index (Phi) is 1.68. The molecule has 2 heterocycles. The molecule has 0 unspecified atom stereocenters. The lowest BCUT2D eigenvalue weighted by atomic mass is 9.93. The van der Waals surface area contributed by atoms with E-state index in [1.807, 2.05) is 0 Å². The molecule has 0 amide bonds. The Labute approximate surface area is 85.2 Å². The van der Waals surface area contributed by atoms with Gasteiger partial charge >= 0.3 is 12.0 Å². The minimum absolute atomic E-state index is 0.120. The van der Waals surface area contributed by atoms with E-state index in [2.05, 4.69) is 10.1 Å². The van der Waals surface area contributed by atoms with Gasteiger partial charge in [-0.2, -0.15) is 0 Å². The zero-order valence-electron chi connectivity index (χ0n) is 8.00. The highest BCUT2D eigenvalue weighted by Gasteiger charge is 2.43. The van der Waals surface area contributed by atoms with E-state index in [0.29, 0.717) is 6.01 Å². The van der Waals surface area contributed by atoms with Crippen LogP contribution in [0.4, 0.5) is 5.95 Å². The molecule has 7 nitrogen and oxygen atoms in total. The van der Waals surface area contributed by atoms with Gasteiger partial charge in [-0.15, -0.1) is 4.68 Å². The average molecular weight is 210 g/mol. The first-order valence-electron chi connectivity index (χ1n) is 5.03. The predicted octanol–water partition coefficient (Wildman–Crippen LogP) is 1.06. The van der Waals surface area contributed by atoms with Crippen LogP contribution in [-0.2, 0) is 0 Å². The Bertz CT molecular complexity index is 416. The van der Waals surface area contributed by atoms with Gasteiger partial charge in [0.05, 0.1) is 0 Å². The van der Waals surface area contributed by atoms with E-state index >= 15 is 0 Å². The third-order valence-electron chi connectivity index (χ3n) is 2.99. The van der Waals surface area contributed by atoms with Gasteiger partial charge in [0, 0.05) is 5.10 Å². The lowest BCUT2D eigenvalue weighted by Crippen LogP contribution is -2.25. The smallest absolute Gasteiger partial charge is 0.445 e. The second-order valence-corrected chi connectivity index (χ2v) is 3.90. The lowest BCUT2D eigenvalue weighted by Gasteiger charge is -2.21. The van der Waals surface area contributed by atoms with Crippen LogP contribution < -0.4 is 4.74 Å². The van der Waals surface area contributed by atoms with Gasteiger partial charge in [-0.25, -0.2) is 0 Å². The van der Waals surface area contributed by atoms with Crippen molar-refractivity contribution in [1.82, 2.24) is 14.8 Å². The third-order valence-corrected chi connectivity index (χ3v) is 2.99. The summed E-state index contributed by atoms with van der Waals surface area (Å²) in [5.74, 6) is -0.367. The molecule has 1 aliphatic heterocycles. The zero-order valence-corrected chi connectivity index (χ0v) is 8.00. The van der Waals surface area contributed by atoms with Gasteiger partial charge in [-0.1, -0.05) is 6.42 Å². The Balaban J connectivity index is 1.96. The minimum atomic E-state index is -0.591. The number of aromatic nitrogens is 3. The second kappa shape index (κ2) is 2.91. The van der Waals surface area contributed by atoms with Crippen molar-refractivity contribution in [1.29, 1.82) is 0 Å². The van der Waals surface area contributed by atoms with Crippen molar-refractivity contribution < 1.29 is 9.66 Å². The number of fused-ring (bicyclic) bond motifs is 3. The number of nitro groups is 1. The van der Waals surface area contributed by atoms with Crippen molar-refractivity contribution in [2.24, 2.45) is 0 Å². The van der Waals surface area contributed by atoms with Gasteiger partial charge in [0.2, 0.25) is 0 Å². The summed E-state index contributed by atoms with van der Waals surface area (Å²) in [6, 6.07) is 0.452. The summed E-state index contributed by atoms with van der Waals surface area (Å²) < 4.78 is 7.10. The van der Waals surface area contributed by atoms with Crippen LogP contribution in [0.3, 0.4) is 0 Å². The fraction of sp³-hybridized carbons (Fsp3) is 0.750. The fourth-order valence-corrected chi connectivity index (χ4v) is 2.30. The van der Waals surface area contributed by atoms with Gasteiger partial charge in [0.1, 0.15) is 12.1 Å². The molecular weight excluding hydrogens is 200 g/mol. The molecule has 7 heteroatoms. The summed E-state index contributed by atoms with van der Waals surface area (Å²) in [4.78, 5) is 13.6. The molecule has 2 aliphatic rings. The summed E-state index contributed by atoms with van der Waals surface area (Å²) in [5.41, 5.74) is 0. The maximum Gasteiger partial charge on any atom is 0.494 e. The van der Waals surface area contributed by atoms with E-state index in [1.165, 1.54) is 0 Å². The van der Waals surface area contributed by atoms with E-state index in [0.717, 1.165) is 25.7 Å². The summed E-state index contributed by atoms with van der Waals surface area (Å²) in [5, 5.41) is 14.3. The van der Waals surface area contributed by atoms with Crippen LogP contribution in [0.25, 0.3) is 0 Å². The molecule has 1 aromatic rings. The molecule has 80 valence electrons. The Morgan fingerprint density at radius 1 is 1.47 bits per heavy atom. The molecule has 0 aromatic carbocycles. The minimum Gasteiger partial charge on any atom is -0.445 e. The zero-order chi connectivity index (χ0) is 10.4.